The molecule has 0 bridgehead atoms. The average Bonchev–Trinajstić information content (AvgIpc) is 4.00. The number of anilines is 2. The number of imide groups is 1. The number of nitrogens with zero attached hydrogens (tertiary/aromatic N) is 8. The van der Waals surface area contributed by atoms with Gasteiger partial charge in [-0.1, -0.05) is 30.3 Å². The number of hydrogen-bond donors (Lipinski definition) is 1. The van der Waals surface area contributed by atoms with Crippen LogP contribution in [0.4, 0.5) is 20.3 Å². The van der Waals surface area contributed by atoms with Gasteiger partial charge in [0, 0.05) is 105 Å². The highest BCUT2D eigenvalue weighted by molar-refractivity contribution is 6.05. The third kappa shape index (κ3) is 7.81. The van der Waals surface area contributed by atoms with E-state index < -0.39 is 18.4 Å². The first-order chi connectivity index (χ1) is 31.0. The number of piperidine rings is 2. The Balaban J connectivity index is 0.807. The summed E-state index contributed by atoms with van der Waals surface area (Å²) in [5.41, 5.74) is 8.50. The van der Waals surface area contributed by atoms with Gasteiger partial charge in [-0.25, -0.2) is 8.78 Å². The maximum absolute atomic E-state index is 14.7. The molecule has 332 valence electrons. The monoisotopic (exact) mass is 871 g/mol. The summed E-state index contributed by atoms with van der Waals surface area (Å²) in [5, 5.41) is 11.9. The van der Waals surface area contributed by atoms with Crippen LogP contribution in [0.2, 0.25) is 0 Å². The lowest BCUT2D eigenvalue weighted by atomic mass is 9.92. The molecule has 2 aromatic heterocycles. The highest BCUT2D eigenvalue weighted by Crippen LogP contribution is 2.44. The van der Waals surface area contributed by atoms with Gasteiger partial charge in [0.2, 0.25) is 17.7 Å². The zero-order chi connectivity index (χ0) is 44.2. The van der Waals surface area contributed by atoms with Crippen LogP contribution in [-0.2, 0) is 60.5 Å². The van der Waals surface area contributed by atoms with Crippen LogP contribution in [0.5, 0.6) is 5.75 Å². The van der Waals surface area contributed by atoms with Crippen molar-refractivity contribution < 1.29 is 32.7 Å². The van der Waals surface area contributed by atoms with E-state index in [-0.39, 0.29) is 42.3 Å². The van der Waals surface area contributed by atoms with Crippen molar-refractivity contribution in [1.29, 1.82) is 0 Å². The Morgan fingerprint density at radius 3 is 2.44 bits per heavy atom. The van der Waals surface area contributed by atoms with Crippen molar-refractivity contribution in [3.05, 3.63) is 112 Å². The van der Waals surface area contributed by atoms with Gasteiger partial charge in [0.15, 0.2) is 5.82 Å². The number of alkyl halides is 2. The number of carbonyl (C=O) groups excluding carboxylic acids is 4. The van der Waals surface area contributed by atoms with Gasteiger partial charge < -0.3 is 19.4 Å². The largest absolute Gasteiger partial charge is 0.489 e. The Labute approximate surface area is 369 Å². The third-order valence-electron chi connectivity index (χ3n) is 13.7. The zero-order valence-electron chi connectivity index (χ0n) is 36.1. The molecule has 0 aliphatic carbocycles. The standard InChI is InChI=1S/C48H51F2N9O5/c1-29(60)56-20-16-40-39(26-56)46(57-17-4-5-32-21-36(33-23-51-54(2)25-33)37(45(49)50)22-42(32)57)53-59(40)34-14-18-55(19-15-34)24-30-8-10-31(11-9-30)28-64-43-7-3-6-35-38(43)27-58(48(35)63)41-12-13-44(61)52-47(41)62/h3,6-11,21-23,25,34,41,45H,4-5,12-20,24,26-28H2,1-2H3,(H,52,61,62). The molecule has 0 spiro atoms. The van der Waals surface area contributed by atoms with Crippen molar-refractivity contribution in [3.8, 4) is 16.9 Å². The first-order valence-corrected chi connectivity index (χ1v) is 22.3. The van der Waals surface area contributed by atoms with Gasteiger partial charge >= 0.3 is 0 Å². The number of rotatable bonds is 10. The van der Waals surface area contributed by atoms with Gasteiger partial charge in [-0.2, -0.15) is 10.2 Å². The molecule has 3 aromatic carbocycles. The number of nitrogens with one attached hydrogen (secondary N) is 1. The lowest BCUT2D eigenvalue weighted by Gasteiger charge is -2.34. The van der Waals surface area contributed by atoms with E-state index in [9.17, 15) is 28.0 Å². The van der Waals surface area contributed by atoms with E-state index in [4.69, 9.17) is 9.84 Å². The van der Waals surface area contributed by atoms with Crippen LogP contribution < -0.4 is 15.0 Å². The fourth-order valence-corrected chi connectivity index (χ4v) is 10.3. The number of hydrogen-bond acceptors (Lipinski definition) is 9. The van der Waals surface area contributed by atoms with Crippen molar-refractivity contribution in [2.24, 2.45) is 7.05 Å². The van der Waals surface area contributed by atoms with E-state index in [1.54, 1.807) is 49.2 Å². The van der Waals surface area contributed by atoms with Gasteiger partial charge in [0.05, 0.1) is 25.3 Å². The first-order valence-electron chi connectivity index (χ1n) is 22.3. The molecule has 14 nitrogen and oxygen atoms in total. The number of benzene rings is 3. The summed E-state index contributed by atoms with van der Waals surface area (Å²) in [4.78, 5) is 58.1. The van der Waals surface area contributed by atoms with E-state index in [1.807, 2.05) is 17.0 Å². The first kappa shape index (κ1) is 41.6. The van der Waals surface area contributed by atoms with Crippen LogP contribution in [-0.4, -0.2) is 90.1 Å². The summed E-state index contributed by atoms with van der Waals surface area (Å²) in [6.07, 6.45) is 5.36. The number of fused-ring (bicyclic) bond motifs is 3. The molecule has 10 rings (SSSR count). The molecule has 5 aromatic rings. The normalized spacial score (nSPS) is 19.2. The minimum Gasteiger partial charge on any atom is -0.489 e. The number of ether oxygens (including phenoxy) is 1. The highest BCUT2D eigenvalue weighted by Gasteiger charge is 2.40. The zero-order valence-corrected chi connectivity index (χ0v) is 36.1. The van der Waals surface area contributed by atoms with E-state index in [2.05, 4.69) is 49.2 Å². The second-order valence-electron chi connectivity index (χ2n) is 17.7. The van der Waals surface area contributed by atoms with E-state index in [0.717, 1.165) is 84.8 Å². The number of amides is 4. The molecule has 0 saturated carbocycles. The maximum Gasteiger partial charge on any atom is 0.264 e. The minimum absolute atomic E-state index is 0.00972. The molecule has 1 atom stereocenters. The topological polar surface area (TPSA) is 138 Å². The SMILES string of the molecule is CC(=O)N1CCc2c(c(N3CCCc4cc(-c5cnn(C)c5)c(C(F)F)cc43)nn2C2CCN(Cc3ccc(COc4cccc5c4CN(C4CCC(=O)NC4=O)C5=O)cc3)CC2)C1. The summed E-state index contributed by atoms with van der Waals surface area (Å²) < 4.78 is 39.5. The predicted octanol–water partition coefficient (Wildman–Crippen LogP) is 6.39. The fraction of sp³-hybridized carbons (Fsp3) is 0.417. The second-order valence-corrected chi connectivity index (χ2v) is 17.7. The number of likely N-dealkylation sites (tertiary alicyclic amines) is 1. The smallest absolute Gasteiger partial charge is 0.264 e. The van der Waals surface area contributed by atoms with E-state index >= 15 is 0 Å². The van der Waals surface area contributed by atoms with Crippen LogP contribution in [0.25, 0.3) is 11.1 Å². The highest BCUT2D eigenvalue weighted by atomic mass is 19.3. The molecular weight excluding hydrogens is 821 g/mol. The Hall–Kier alpha value is -6.42. The minimum atomic E-state index is -2.67. The Kier molecular flexibility index (Phi) is 11.0. The fourth-order valence-electron chi connectivity index (χ4n) is 10.3. The number of aryl methyl sites for hydroxylation is 2. The van der Waals surface area contributed by atoms with Gasteiger partial charge in [-0.3, -0.25) is 38.8 Å². The summed E-state index contributed by atoms with van der Waals surface area (Å²) in [7, 11) is 1.78. The molecule has 5 aliphatic rings. The molecule has 1 unspecified atom stereocenters. The van der Waals surface area contributed by atoms with Crippen molar-refractivity contribution in [3.63, 3.8) is 0 Å². The van der Waals surface area contributed by atoms with E-state index in [1.165, 1.54) is 10.5 Å². The molecular formula is C48H51F2N9O5. The van der Waals surface area contributed by atoms with Crippen LogP contribution in [0.3, 0.4) is 0 Å². The summed E-state index contributed by atoms with van der Waals surface area (Å²) in [6, 6.07) is 16.8. The predicted molar refractivity (Wildman–Crippen MR) is 233 cm³/mol. The van der Waals surface area contributed by atoms with Crippen molar-refractivity contribution in [1.82, 2.24) is 39.6 Å². The molecule has 7 heterocycles. The molecule has 0 radical (unpaired) electrons. The Bertz CT molecular complexity index is 2650. The Morgan fingerprint density at radius 1 is 0.906 bits per heavy atom. The molecule has 2 fully saturated rings. The van der Waals surface area contributed by atoms with Crippen LogP contribution in [0.15, 0.2) is 67.0 Å². The lowest BCUT2D eigenvalue weighted by Crippen LogP contribution is -2.52. The Morgan fingerprint density at radius 2 is 1.70 bits per heavy atom. The molecule has 4 amide bonds. The van der Waals surface area contributed by atoms with Gasteiger partial charge in [0.1, 0.15) is 18.4 Å². The molecule has 2 saturated heterocycles. The molecule has 5 aliphatic heterocycles. The average molecular weight is 872 g/mol. The maximum atomic E-state index is 14.7. The van der Waals surface area contributed by atoms with Crippen LogP contribution >= 0.6 is 0 Å². The second kappa shape index (κ2) is 16.9. The van der Waals surface area contributed by atoms with Crippen molar-refractivity contribution in [2.45, 2.75) is 96.6 Å². The molecule has 16 heteroatoms. The number of halogens is 2. The van der Waals surface area contributed by atoms with Crippen molar-refractivity contribution in [2.75, 3.05) is 31.1 Å². The number of aromatic nitrogens is 4. The van der Waals surface area contributed by atoms with Gasteiger partial charge in [0.25, 0.3) is 12.3 Å². The number of carbonyl (C=O) groups is 4. The van der Waals surface area contributed by atoms with Crippen LogP contribution in [0.1, 0.15) is 101 Å². The third-order valence-corrected chi connectivity index (χ3v) is 13.7. The van der Waals surface area contributed by atoms with Gasteiger partial charge in [-0.05, 0) is 78.6 Å². The summed E-state index contributed by atoms with van der Waals surface area (Å²) in [6.45, 7) is 6.43. The molecule has 1 N–H and O–H groups in total. The molecule has 64 heavy (non-hydrogen) atoms. The van der Waals surface area contributed by atoms with E-state index in [0.29, 0.717) is 61.5 Å². The van der Waals surface area contributed by atoms with Gasteiger partial charge in [-0.15, -0.1) is 0 Å². The van der Waals surface area contributed by atoms with Crippen molar-refractivity contribution >= 4 is 35.1 Å². The quantitative estimate of drug-likeness (QED) is 0.158. The summed E-state index contributed by atoms with van der Waals surface area (Å²) >= 11 is 0. The summed E-state index contributed by atoms with van der Waals surface area (Å²) in [5.74, 6) is 0.392. The lowest BCUT2D eigenvalue weighted by molar-refractivity contribution is -0.137. The van der Waals surface area contributed by atoms with Crippen LogP contribution in [0, 0.1) is 0 Å².